The molecule has 1 aliphatic heterocycles. The molecule has 0 bridgehead atoms. The van der Waals surface area contributed by atoms with Crippen molar-refractivity contribution in [3.05, 3.63) is 0 Å². The number of rotatable bonds is 4. The van der Waals surface area contributed by atoms with Gasteiger partial charge in [0.05, 0.1) is 19.3 Å². The van der Waals surface area contributed by atoms with E-state index in [1.54, 1.807) is 0 Å². The maximum absolute atomic E-state index is 9.56. The molecule has 1 heterocycles. The number of hydrogen-bond acceptors (Lipinski definition) is 7. The van der Waals surface area contributed by atoms with Crippen LogP contribution < -0.4 is 5.84 Å². The van der Waals surface area contributed by atoms with Crippen LogP contribution in [0.3, 0.4) is 0 Å². The first-order valence-corrected chi connectivity index (χ1v) is 5.04. The van der Waals surface area contributed by atoms with Gasteiger partial charge >= 0.3 is 0 Å². The van der Waals surface area contributed by atoms with Crippen LogP contribution in [0.25, 0.3) is 0 Å². The summed E-state index contributed by atoms with van der Waals surface area (Å²) >= 11 is 0. The van der Waals surface area contributed by atoms with Gasteiger partial charge in [0.25, 0.3) is 0 Å². The molecule has 3 unspecified atom stereocenters. The smallest absolute Gasteiger partial charge is 0.108 e. The summed E-state index contributed by atoms with van der Waals surface area (Å²) in [6.07, 6.45) is -0.490. The molecule has 0 saturated carbocycles. The zero-order valence-electron chi connectivity index (χ0n) is 8.86. The summed E-state index contributed by atoms with van der Waals surface area (Å²) in [4.78, 5) is 3.93. The van der Waals surface area contributed by atoms with Gasteiger partial charge in [0.1, 0.15) is 17.9 Å². The topological polar surface area (TPSA) is 121 Å². The van der Waals surface area contributed by atoms with Gasteiger partial charge in [-0.2, -0.15) is 5.10 Å². The van der Waals surface area contributed by atoms with Crippen LogP contribution in [0.5, 0.6) is 0 Å². The van der Waals surface area contributed by atoms with Crippen molar-refractivity contribution in [1.82, 2.24) is 0 Å². The van der Waals surface area contributed by atoms with E-state index in [4.69, 9.17) is 15.7 Å². The van der Waals surface area contributed by atoms with Gasteiger partial charge in [0.15, 0.2) is 0 Å². The highest BCUT2D eigenvalue weighted by Crippen LogP contribution is 2.14. The van der Waals surface area contributed by atoms with Gasteiger partial charge in [-0.15, -0.1) is 0 Å². The van der Waals surface area contributed by atoms with Crippen molar-refractivity contribution in [3.63, 3.8) is 0 Å². The van der Waals surface area contributed by atoms with E-state index in [0.717, 1.165) is 0 Å². The summed E-state index contributed by atoms with van der Waals surface area (Å²) in [7, 11) is 0. The molecule has 3 atom stereocenters. The second-order valence-electron chi connectivity index (χ2n) is 3.53. The maximum Gasteiger partial charge on any atom is 0.108 e. The zero-order chi connectivity index (χ0) is 12.0. The van der Waals surface area contributed by atoms with Crippen LogP contribution in [0, 0.1) is 0 Å². The molecule has 0 spiro atoms. The molecule has 0 aromatic rings. The molecule has 7 heteroatoms. The molecule has 1 saturated heterocycles. The predicted molar refractivity (Wildman–Crippen MR) is 58.4 cm³/mol. The summed E-state index contributed by atoms with van der Waals surface area (Å²) in [6, 6.07) is 0. The highest BCUT2D eigenvalue weighted by atomic mass is 16.5. The van der Waals surface area contributed by atoms with Crippen LogP contribution >= 0.6 is 0 Å². The third-order valence-electron chi connectivity index (χ3n) is 2.37. The van der Waals surface area contributed by atoms with E-state index in [1.165, 1.54) is 6.21 Å². The Morgan fingerprint density at radius 2 is 2.25 bits per heavy atom. The van der Waals surface area contributed by atoms with E-state index in [-0.39, 0.29) is 18.9 Å². The number of nitrogens with zero attached hydrogens (tertiary/aromatic N) is 2. The average molecular weight is 231 g/mol. The van der Waals surface area contributed by atoms with Crippen molar-refractivity contribution in [2.24, 2.45) is 15.9 Å². The van der Waals surface area contributed by atoms with Crippen LogP contribution in [0.2, 0.25) is 0 Å². The Hall–Kier alpha value is -1.02. The number of aliphatic hydroxyl groups is 3. The van der Waals surface area contributed by atoms with Crippen LogP contribution in [-0.2, 0) is 4.74 Å². The average Bonchev–Trinajstić information content (AvgIpc) is 2.30. The fourth-order valence-electron chi connectivity index (χ4n) is 1.39. The third kappa shape index (κ3) is 3.53. The Kier molecular flexibility index (Phi) is 5.33. The lowest BCUT2D eigenvalue weighted by atomic mass is 10.0. The Morgan fingerprint density at radius 1 is 1.50 bits per heavy atom. The minimum atomic E-state index is -0.932. The third-order valence-corrected chi connectivity index (χ3v) is 2.37. The molecular formula is C9H17N3O4. The van der Waals surface area contributed by atoms with E-state index in [0.29, 0.717) is 13.0 Å². The lowest BCUT2D eigenvalue weighted by molar-refractivity contribution is -0.130. The molecule has 0 aromatic carbocycles. The molecule has 5 N–H and O–H groups in total. The van der Waals surface area contributed by atoms with Gasteiger partial charge in [-0.25, -0.2) is 0 Å². The fourth-order valence-corrected chi connectivity index (χ4v) is 1.39. The first-order valence-electron chi connectivity index (χ1n) is 5.04. The number of ether oxygens (including phenoxy) is 1. The molecule has 1 rings (SSSR count). The largest absolute Gasteiger partial charge is 0.390 e. The van der Waals surface area contributed by atoms with Crippen LogP contribution in [0.1, 0.15) is 6.42 Å². The minimum absolute atomic E-state index is 0.192. The van der Waals surface area contributed by atoms with Gasteiger partial charge in [-0.3, -0.25) is 4.99 Å². The number of aliphatic imine (C=N–C) groups is 1. The summed E-state index contributed by atoms with van der Waals surface area (Å²) < 4.78 is 5.25. The summed E-state index contributed by atoms with van der Waals surface area (Å²) in [5.74, 6) is 4.97. The molecule has 0 aliphatic carbocycles. The van der Waals surface area contributed by atoms with E-state index in [9.17, 15) is 10.2 Å². The van der Waals surface area contributed by atoms with Crippen molar-refractivity contribution in [3.8, 4) is 0 Å². The molecule has 1 fully saturated rings. The second kappa shape index (κ2) is 6.54. The first kappa shape index (κ1) is 13.0. The Morgan fingerprint density at radius 3 is 2.88 bits per heavy atom. The lowest BCUT2D eigenvalue weighted by Crippen LogP contribution is -2.46. The summed E-state index contributed by atoms with van der Waals surface area (Å²) in [5.41, 5.74) is 0.242. The van der Waals surface area contributed by atoms with Crippen molar-refractivity contribution in [1.29, 1.82) is 0 Å². The highest BCUT2D eigenvalue weighted by Gasteiger charge is 2.30. The van der Waals surface area contributed by atoms with E-state index < -0.39 is 18.3 Å². The van der Waals surface area contributed by atoms with Gasteiger partial charge in [-0.1, -0.05) is 0 Å². The van der Waals surface area contributed by atoms with Crippen molar-refractivity contribution >= 4 is 11.9 Å². The van der Waals surface area contributed by atoms with Crippen molar-refractivity contribution in [2.45, 2.75) is 24.7 Å². The highest BCUT2D eigenvalue weighted by molar-refractivity contribution is 6.31. The quantitative estimate of drug-likeness (QED) is 0.250. The Bertz CT molecular complexity index is 269. The lowest BCUT2D eigenvalue weighted by Gasteiger charge is -2.30. The zero-order valence-corrected chi connectivity index (χ0v) is 8.86. The first-order chi connectivity index (χ1) is 7.69. The second-order valence-corrected chi connectivity index (χ2v) is 3.53. The number of nitrogens with two attached hydrogens (primary N) is 1. The fraction of sp³-hybridized carbons (Fsp3) is 0.778. The molecule has 7 nitrogen and oxygen atoms in total. The minimum Gasteiger partial charge on any atom is -0.390 e. The Balaban J connectivity index is 2.42. The van der Waals surface area contributed by atoms with E-state index in [1.807, 2.05) is 0 Å². The molecular weight excluding hydrogens is 214 g/mol. The molecule has 1 aliphatic rings. The Labute approximate surface area is 93.2 Å². The molecule has 0 radical (unpaired) electrons. The summed E-state index contributed by atoms with van der Waals surface area (Å²) in [6.45, 7) is 0.296. The number of aliphatic hydroxyl groups excluding tert-OH is 3. The molecule has 92 valence electrons. The molecule has 0 aromatic heterocycles. The maximum atomic E-state index is 9.56. The van der Waals surface area contributed by atoms with Gasteiger partial charge in [0.2, 0.25) is 0 Å². The molecule has 16 heavy (non-hydrogen) atoms. The summed E-state index contributed by atoms with van der Waals surface area (Å²) in [5, 5.41) is 31.0. The molecule has 0 amide bonds. The van der Waals surface area contributed by atoms with Gasteiger partial charge in [0, 0.05) is 12.8 Å². The van der Waals surface area contributed by atoms with Gasteiger partial charge < -0.3 is 25.9 Å². The standard InChI is InChI=1S/C9H17N3O4/c10-12-6(5-13)3-11-4-8-9(15)7(14)1-2-16-8/h3,7-9,13-15H,1-2,4-5,10H2. The number of hydrogen-bond donors (Lipinski definition) is 4. The monoisotopic (exact) mass is 231 g/mol. The predicted octanol–water partition coefficient (Wildman–Crippen LogP) is -2.13. The van der Waals surface area contributed by atoms with Crippen LogP contribution in [-0.4, -0.2) is 65.3 Å². The van der Waals surface area contributed by atoms with E-state index >= 15 is 0 Å². The van der Waals surface area contributed by atoms with Crippen LogP contribution in [0.15, 0.2) is 10.1 Å². The van der Waals surface area contributed by atoms with Crippen molar-refractivity contribution in [2.75, 3.05) is 19.8 Å². The normalized spacial score (nSPS) is 32.2. The van der Waals surface area contributed by atoms with Gasteiger partial charge in [-0.05, 0) is 6.42 Å². The SMILES string of the molecule is NN=C(C=NCC1OCCC(O)C1O)CO. The van der Waals surface area contributed by atoms with E-state index in [2.05, 4.69) is 10.1 Å². The van der Waals surface area contributed by atoms with Crippen LogP contribution in [0.4, 0.5) is 0 Å². The van der Waals surface area contributed by atoms with Crippen molar-refractivity contribution < 1.29 is 20.1 Å². The number of hydrazone groups is 1.